The lowest BCUT2D eigenvalue weighted by Crippen LogP contribution is -2.51. The van der Waals surface area contributed by atoms with E-state index in [0.29, 0.717) is 23.1 Å². The number of hydrogen-bond donors (Lipinski definition) is 3. The van der Waals surface area contributed by atoms with Crippen molar-refractivity contribution in [3.8, 4) is 11.6 Å². The lowest BCUT2D eigenvalue weighted by Gasteiger charge is -2.17. The third-order valence-electron chi connectivity index (χ3n) is 3.80. The molecule has 2 aromatic rings. The number of aromatic nitrogens is 2. The van der Waals surface area contributed by atoms with E-state index in [9.17, 15) is 9.59 Å². The summed E-state index contributed by atoms with van der Waals surface area (Å²) >= 11 is 0. The summed E-state index contributed by atoms with van der Waals surface area (Å²) in [5.74, 6) is 3.52. The molecule has 10 nitrogen and oxygen atoms in total. The third kappa shape index (κ3) is 5.51. The number of ether oxygens (including phenoxy) is 1. The smallest absolute Gasteiger partial charge is 0.325 e. The van der Waals surface area contributed by atoms with Crippen LogP contribution in [-0.4, -0.2) is 45.4 Å². The maximum absolute atomic E-state index is 11.9. The SMILES string of the molecule is CN1C=C(c2nccc(Oc3ccc(NC(=O)NC(=O)C(C)(C)N)cc3)n2)C=C=N1. The zero-order valence-electron chi connectivity index (χ0n) is 16.7. The molecular weight excluding hydrogens is 386 g/mol. The number of hydrogen-bond acceptors (Lipinski definition) is 8. The van der Waals surface area contributed by atoms with Gasteiger partial charge in [-0.15, -0.1) is 5.10 Å². The van der Waals surface area contributed by atoms with Gasteiger partial charge in [0, 0.05) is 48.7 Å². The number of carbonyl (C=O) groups is 2. The molecule has 0 aliphatic carbocycles. The van der Waals surface area contributed by atoms with Crippen LogP contribution >= 0.6 is 0 Å². The van der Waals surface area contributed by atoms with E-state index < -0.39 is 17.5 Å². The zero-order valence-corrected chi connectivity index (χ0v) is 16.7. The first-order chi connectivity index (χ1) is 14.2. The molecule has 0 unspecified atom stereocenters. The molecule has 1 aliphatic heterocycles. The molecule has 4 N–H and O–H groups in total. The van der Waals surface area contributed by atoms with Crippen molar-refractivity contribution in [1.29, 1.82) is 0 Å². The summed E-state index contributed by atoms with van der Waals surface area (Å²) in [6.45, 7) is 3.01. The van der Waals surface area contributed by atoms with Crippen LogP contribution in [0.1, 0.15) is 19.7 Å². The predicted molar refractivity (Wildman–Crippen MR) is 112 cm³/mol. The molecule has 1 aromatic carbocycles. The minimum atomic E-state index is -1.16. The first-order valence-corrected chi connectivity index (χ1v) is 8.97. The van der Waals surface area contributed by atoms with Crippen molar-refractivity contribution in [2.24, 2.45) is 10.8 Å². The summed E-state index contributed by atoms with van der Waals surface area (Å²) in [6, 6.07) is 7.54. The van der Waals surface area contributed by atoms with Gasteiger partial charge in [0.2, 0.25) is 11.8 Å². The van der Waals surface area contributed by atoms with E-state index in [2.05, 4.69) is 31.6 Å². The van der Waals surface area contributed by atoms with E-state index in [1.54, 1.807) is 60.9 Å². The number of hydrazone groups is 1. The van der Waals surface area contributed by atoms with Crippen molar-refractivity contribution >= 4 is 29.1 Å². The fourth-order valence-corrected chi connectivity index (χ4v) is 2.27. The highest BCUT2D eigenvalue weighted by Gasteiger charge is 2.23. The van der Waals surface area contributed by atoms with Crippen LogP contribution in [0.25, 0.3) is 5.57 Å². The Morgan fingerprint density at radius 1 is 1.20 bits per heavy atom. The van der Waals surface area contributed by atoms with Gasteiger partial charge >= 0.3 is 6.03 Å². The maximum Gasteiger partial charge on any atom is 0.325 e. The highest BCUT2D eigenvalue weighted by atomic mass is 16.5. The fraction of sp³-hybridized carbons (Fsp3) is 0.200. The monoisotopic (exact) mass is 407 g/mol. The van der Waals surface area contributed by atoms with Gasteiger partial charge in [0.25, 0.3) is 0 Å². The number of rotatable bonds is 5. The van der Waals surface area contributed by atoms with Crippen molar-refractivity contribution in [3.63, 3.8) is 0 Å². The molecule has 0 spiro atoms. The second-order valence-corrected chi connectivity index (χ2v) is 7.01. The number of imide groups is 1. The Morgan fingerprint density at radius 3 is 2.60 bits per heavy atom. The molecule has 0 saturated heterocycles. The van der Waals surface area contributed by atoms with Crippen LogP contribution in [0.5, 0.6) is 11.6 Å². The molecule has 2 heterocycles. The van der Waals surface area contributed by atoms with Gasteiger partial charge in [-0.2, -0.15) is 4.98 Å². The van der Waals surface area contributed by atoms with Gasteiger partial charge in [-0.3, -0.25) is 15.1 Å². The molecule has 0 radical (unpaired) electrons. The van der Waals surface area contributed by atoms with Crippen LogP contribution in [0.15, 0.2) is 53.9 Å². The Balaban J connectivity index is 1.63. The minimum absolute atomic E-state index is 0.355. The van der Waals surface area contributed by atoms with E-state index in [1.807, 2.05) is 0 Å². The maximum atomic E-state index is 11.9. The number of nitrogens with two attached hydrogens (primary N) is 1. The zero-order chi connectivity index (χ0) is 21.7. The van der Waals surface area contributed by atoms with Crippen LogP contribution < -0.4 is 21.1 Å². The van der Waals surface area contributed by atoms with Gasteiger partial charge in [0.15, 0.2) is 5.82 Å². The summed E-state index contributed by atoms with van der Waals surface area (Å²) in [6.07, 6.45) is 5.05. The molecule has 0 saturated carbocycles. The molecule has 3 rings (SSSR count). The lowest BCUT2D eigenvalue weighted by molar-refractivity contribution is -0.124. The van der Waals surface area contributed by atoms with Gasteiger partial charge < -0.3 is 15.8 Å². The van der Waals surface area contributed by atoms with Gasteiger partial charge in [-0.1, -0.05) is 0 Å². The molecule has 3 amide bonds. The average Bonchev–Trinajstić information content (AvgIpc) is 2.69. The first kappa shape index (κ1) is 20.7. The van der Waals surface area contributed by atoms with Crippen LogP contribution in [-0.2, 0) is 4.79 Å². The Hall–Kier alpha value is -4.01. The Bertz CT molecular complexity index is 1050. The normalized spacial score (nSPS) is 12.9. The number of amides is 3. The Morgan fingerprint density at radius 2 is 1.93 bits per heavy atom. The van der Waals surface area contributed by atoms with E-state index in [4.69, 9.17) is 10.5 Å². The summed E-state index contributed by atoms with van der Waals surface area (Å²) in [5, 5.41) is 10.3. The number of urea groups is 1. The lowest BCUT2D eigenvalue weighted by atomic mass is 10.1. The van der Waals surface area contributed by atoms with Crippen LogP contribution in [0, 0.1) is 0 Å². The quantitative estimate of drug-likeness (QED) is 0.690. The number of anilines is 1. The highest BCUT2D eigenvalue weighted by Crippen LogP contribution is 2.23. The summed E-state index contributed by atoms with van der Waals surface area (Å²) in [5.41, 5.74) is 5.71. The second-order valence-electron chi connectivity index (χ2n) is 7.01. The molecule has 154 valence electrons. The van der Waals surface area contributed by atoms with E-state index in [1.165, 1.54) is 13.8 Å². The number of benzene rings is 1. The molecule has 1 aromatic heterocycles. The third-order valence-corrected chi connectivity index (χ3v) is 3.80. The molecule has 0 atom stereocenters. The Kier molecular flexibility index (Phi) is 5.91. The van der Waals surface area contributed by atoms with Crippen molar-refractivity contribution < 1.29 is 14.3 Å². The summed E-state index contributed by atoms with van der Waals surface area (Å²) in [4.78, 5) is 32.2. The van der Waals surface area contributed by atoms with Crippen LogP contribution in [0.3, 0.4) is 0 Å². The number of nitrogens with zero attached hydrogens (tertiary/aromatic N) is 4. The summed E-state index contributed by atoms with van der Waals surface area (Å²) in [7, 11) is 1.78. The molecular formula is C20H21N7O3. The molecule has 10 heteroatoms. The molecule has 1 aliphatic rings. The van der Waals surface area contributed by atoms with Gasteiger partial charge in [0.05, 0.1) is 5.54 Å². The van der Waals surface area contributed by atoms with E-state index in [0.717, 1.165) is 5.57 Å². The van der Waals surface area contributed by atoms with Crippen molar-refractivity contribution in [2.75, 3.05) is 12.4 Å². The van der Waals surface area contributed by atoms with Crippen LogP contribution in [0.4, 0.5) is 10.5 Å². The fourth-order valence-electron chi connectivity index (χ4n) is 2.27. The predicted octanol–water partition coefficient (Wildman–Crippen LogP) is 2.08. The average molecular weight is 407 g/mol. The number of allylic oxidation sites excluding steroid dienone is 2. The largest absolute Gasteiger partial charge is 0.439 e. The van der Waals surface area contributed by atoms with E-state index >= 15 is 0 Å². The van der Waals surface area contributed by atoms with Crippen LogP contribution in [0.2, 0.25) is 0 Å². The highest BCUT2D eigenvalue weighted by molar-refractivity contribution is 6.04. The van der Waals surface area contributed by atoms with Crippen molar-refractivity contribution in [2.45, 2.75) is 19.4 Å². The standard InChI is InChI=1S/C20H21N7O3/c1-20(2,21)18(28)26-19(29)24-14-4-6-15(7-5-14)30-16-9-10-22-17(25-16)13-8-11-23-27(3)12-13/h4-10,12H,21H2,1-3H3,(H2,24,26,28,29). The first-order valence-electron chi connectivity index (χ1n) is 8.97. The Labute approximate surface area is 173 Å². The van der Waals surface area contributed by atoms with Crippen molar-refractivity contribution in [3.05, 3.63) is 54.6 Å². The molecule has 0 fully saturated rings. The van der Waals surface area contributed by atoms with Crippen molar-refractivity contribution in [1.82, 2.24) is 20.3 Å². The molecule has 30 heavy (non-hydrogen) atoms. The molecule has 0 bridgehead atoms. The minimum Gasteiger partial charge on any atom is -0.439 e. The van der Waals surface area contributed by atoms with E-state index in [-0.39, 0.29) is 0 Å². The van der Waals surface area contributed by atoms with Gasteiger partial charge in [0.1, 0.15) is 5.75 Å². The number of nitrogens with one attached hydrogen (secondary N) is 2. The van der Waals surface area contributed by atoms with Gasteiger partial charge in [-0.05, 0) is 38.1 Å². The van der Waals surface area contributed by atoms with Gasteiger partial charge in [-0.25, -0.2) is 9.78 Å². The summed E-state index contributed by atoms with van der Waals surface area (Å²) < 4.78 is 5.76. The topological polar surface area (TPSA) is 135 Å². The number of carbonyl (C=O) groups excluding carboxylic acids is 2. The second kappa shape index (κ2) is 8.56.